The molecule has 0 unspecified atom stereocenters. The maximum atomic E-state index is 13.2. The van der Waals surface area contributed by atoms with Crippen LogP contribution in [0.3, 0.4) is 0 Å². The first-order valence-electron chi connectivity index (χ1n) is 4.14. The molecule has 0 spiro atoms. The molecule has 0 radical (unpaired) electrons. The van der Waals surface area contributed by atoms with Crippen LogP contribution in [0, 0.1) is 24.1 Å². The van der Waals surface area contributed by atoms with Gasteiger partial charge in [-0.25, -0.2) is 4.39 Å². The first kappa shape index (κ1) is 11.5. The fraction of sp³-hybridized carbons (Fsp3) is 0.200. The van der Waals surface area contributed by atoms with Crippen LogP contribution in [0.1, 0.15) is 11.1 Å². The van der Waals surface area contributed by atoms with Gasteiger partial charge in [-0.1, -0.05) is 0 Å². The summed E-state index contributed by atoms with van der Waals surface area (Å²) in [5.74, 6) is -1.18. The summed E-state index contributed by atoms with van der Waals surface area (Å²) < 4.78 is 13.2. The maximum absolute atomic E-state index is 13.2. The Balaban J connectivity index is 3.12. The van der Waals surface area contributed by atoms with E-state index in [-0.39, 0.29) is 22.7 Å². The number of carbonyl (C=O) groups is 1. The van der Waals surface area contributed by atoms with Crippen molar-refractivity contribution in [3.8, 4) is 6.07 Å². The van der Waals surface area contributed by atoms with Gasteiger partial charge < -0.3 is 5.32 Å². The van der Waals surface area contributed by atoms with Crippen LogP contribution in [0.5, 0.6) is 0 Å². The van der Waals surface area contributed by atoms with Crippen LogP contribution in [-0.2, 0) is 4.79 Å². The average Bonchev–Trinajstić information content (AvgIpc) is 2.24. The summed E-state index contributed by atoms with van der Waals surface area (Å²) in [6.45, 7) is 1.51. The molecule has 15 heavy (non-hydrogen) atoms. The standard InChI is InChI=1S/C10H8ClFN2O/c1-6-8(12)2-7(5-13)3-9(6)14-10(15)4-11/h2-3H,4H2,1H3,(H,14,15). The Labute approximate surface area is 91.5 Å². The number of hydrogen-bond acceptors (Lipinski definition) is 2. The lowest BCUT2D eigenvalue weighted by Crippen LogP contribution is -2.14. The molecule has 0 saturated carbocycles. The van der Waals surface area contributed by atoms with Crippen molar-refractivity contribution in [1.82, 2.24) is 0 Å². The molecule has 0 fully saturated rings. The smallest absolute Gasteiger partial charge is 0.239 e. The fourth-order valence-corrected chi connectivity index (χ4v) is 1.12. The third-order valence-corrected chi connectivity index (χ3v) is 2.11. The zero-order valence-electron chi connectivity index (χ0n) is 7.97. The lowest BCUT2D eigenvalue weighted by molar-refractivity contribution is -0.113. The quantitative estimate of drug-likeness (QED) is 0.786. The first-order chi connectivity index (χ1) is 7.08. The van der Waals surface area contributed by atoms with Gasteiger partial charge in [0, 0.05) is 11.3 Å². The molecule has 1 rings (SSSR count). The van der Waals surface area contributed by atoms with Crippen LogP contribution < -0.4 is 5.32 Å². The highest BCUT2D eigenvalue weighted by Crippen LogP contribution is 2.20. The van der Waals surface area contributed by atoms with Crippen molar-refractivity contribution in [3.63, 3.8) is 0 Å². The Kier molecular flexibility index (Phi) is 3.64. The molecule has 1 N–H and O–H groups in total. The lowest BCUT2D eigenvalue weighted by atomic mass is 10.1. The van der Waals surface area contributed by atoms with E-state index in [2.05, 4.69) is 5.32 Å². The number of nitrogens with one attached hydrogen (secondary N) is 1. The topological polar surface area (TPSA) is 52.9 Å². The number of nitrogens with zero attached hydrogens (tertiary/aromatic N) is 1. The molecule has 5 heteroatoms. The number of benzene rings is 1. The summed E-state index contributed by atoms with van der Waals surface area (Å²) in [5.41, 5.74) is 0.715. The van der Waals surface area contributed by atoms with E-state index in [0.717, 1.165) is 6.07 Å². The highest BCUT2D eigenvalue weighted by molar-refractivity contribution is 6.29. The molecule has 0 saturated heterocycles. The van der Waals surface area contributed by atoms with Crippen molar-refractivity contribution < 1.29 is 9.18 Å². The van der Waals surface area contributed by atoms with Gasteiger partial charge in [-0.3, -0.25) is 4.79 Å². The van der Waals surface area contributed by atoms with Gasteiger partial charge in [0.05, 0.1) is 11.6 Å². The molecule has 1 aromatic rings. The van der Waals surface area contributed by atoms with Crippen molar-refractivity contribution >= 4 is 23.2 Å². The molecule has 1 amide bonds. The Morgan fingerprint density at radius 3 is 2.87 bits per heavy atom. The number of anilines is 1. The largest absolute Gasteiger partial charge is 0.325 e. The van der Waals surface area contributed by atoms with Crippen LogP contribution in [0.25, 0.3) is 0 Å². The van der Waals surface area contributed by atoms with Crippen molar-refractivity contribution in [3.05, 3.63) is 29.1 Å². The third-order valence-electron chi connectivity index (χ3n) is 1.87. The van der Waals surface area contributed by atoms with Gasteiger partial charge >= 0.3 is 0 Å². The molecule has 0 bridgehead atoms. The van der Waals surface area contributed by atoms with Crippen LogP contribution in [-0.4, -0.2) is 11.8 Å². The monoisotopic (exact) mass is 226 g/mol. The molecule has 3 nitrogen and oxygen atoms in total. The summed E-state index contributed by atoms with van der Waals surface area (Å²) in [7, 11) is 0. The minimum absolute atomic E-state index is 0.156. The van der Waals surface area contributed by atoms with Crippen LogP contribution in [0.2, 0.25) is 0 Å². The third kappa shape index (κ3) is 2.67. The van der Waals surface area contributed by atoms with Crippen molar-refractivity contribution in [2.75, 3.05) is 11.2 Å². The Morgan fingerprint density at radius 2 is 2.33 bits per heavy atom. The SMILES string of the molecule is Cc1c(F)cc(C#N)cc1NC(=O)CCl. The number of alkyl halides is 1. The summed E-state index contributed by atoms with van der Waals surface area (Å²) >= 11 is 5.30. The zero-order valence-corrected chi connectivity index (χ0v) is 8.73. The molecule has 0 aliphatic heterocycles. The molecule has 0 aromatic heterocycles. The van der Waals surface area contributed by atoms with Gasteiger partial charge in [-0.2, -0.15) is 5.26 Å². The molecular weight excluding hydrogens is 219 g/mol. The number of rotatable bonds is 2. The van der Waals surface area contributed by atoms with Gasteiger partial charge in [0.2, 0.25) is 5.91 Å². The van der Waals surface area contributed by atoms with Crippen molar-refractivity contribution in [1.29, 1.82) is 5.26 Å². The minimum Gasteiger partial charge on any atom is -0.325 e. The fourth-order valence-electron chi connectivity index (χ4n) is 1.06. The van der Waals surface area contributed by atoms with E-state index in [1.807, 2.05) is 0 Å². The molecule has 0 atom stereocenters. The van der Waals surface area contributed by atoms with Crippen molar-refractivity contribution in [2.24, 2.45) is 0 Å². The van der Waals surface area contributed by atoms with Gasteiger partial charge in [0.25, 0.3) is 0 Å². The van der Waals surface area contributed by atoms with E-state index >= 15 is 0 Å². The molecule has 0 aliphatic carbocycles. The van der Waals surface area contributed by atoms with E-state index < -0.39 is 11.7 Å². The summed E-state index contributed by atoms with van der Waals surface area (Å²) in [6.07, 6.45) is 0. The van der Waals surface area contributed by atoms with Gasteiger partial charge in [0.15, 0.2) is 0 Å². The van der Waals surface area contributed by atoms with Crippen LogP contribution in [0.4, 0.5) is 10.1 Å². The van der Waals surface area contributed by atoms with Gasteiger partial charge in [0.1, 0.15) is 11.7 Å². The highest BCUT2D eigenvalue weighted by Gasteiger charge is 2.09. The second-order valence-corrected chi connectivity index (χ2v) is 3.19. The lowest BCUT2D eigenvalue weighted by Gasteiger charge is -2.08. The van der Waals surface area contributed by atoms with Crippen molar-refractivity contribution in [2.45, 2.75) is 6.92 Å². The highest BCUT2D eigenvalue weighted by atomic mass is 35.5. The van der Waals surface area contributed by atoms with E-state index in [1.165, 1.54) is 13.0 Å². The van der Waals surface area contributed by atoms with E-state index in [4.69, 9.17) is 16.9 Å². The first-order valence-corrected chi connectivity index (χ1v) is 4.68. The van der Waals surface area contributed by atoms with Crippen LogP contribution >= 0.6 is 11.6 Å². The predicted octanol–water partition coefficient (Wildman–Crippen LogP) is 2.18. The Hall–Kier alpha value is -1.60. The number of carbonyl (C=O) groups excluding carboxylic acids is 1. The number of hydrogen-bond donors (Lipinski definition) is 1. The Bertz CT molecular complexity index is 440. The second kappa shape index (κ2) is 4.76. The average molecular weight is 227 g/mol. The summed E-state index contributed by atoms with van der Waals surface area (Å²) in [6, 6.07) is 4.32. The zero-order chi connectivity index (χ0) is 11.4. The predicted molar refractivity (Wildman–Crippen MR) is 55.2 cm³/mol. The normalized spacial score (nSPS) is 9.47. The number of nitriles is 1. The molecule has 78 valence electrons. The molecule has 0 heterocycles. The maximum Gasteiger partial charge on any atom is 0.239 e. The van der Waals surface area contributed by atoms with E-state index in [0.29, 0.717) is 0 Å². The van der Waals surface area contributed by atoms with Gasteiger partial charge in [-0.05, 0) is 19.1 Å². The Morgan fingerprint density at radius 1 is 1.67 bits per heavy atom. The number of amides is 1. The van der Waals surface area contributed by atoms with E-state index in [1.54, 1.807) is 6.07 Å². The number of halogens is 2. The minimum atomic E-state index is -0.529. The van der Waals surface area contributed by atoms with Gasteiger partial charge in [-0.15, -0.1) is 11.6 Å². The second-order valence-electron chi connectivity index (χ2n) is 2.92. The molecule has 1 aromatic carbocycles. The molecule has 0 aliphatic rings. The van der Waals surface area contributed by atoms with E-state index in [9.17, 15) is 9.18 Å². The summed E-state index contributed by atoms with van der Waals surface area (Å²) in [4.78, 5) is 11.0. The molecular formula is C10H8ClFN2O. The van der Waals surface area contributed by atoms with Crippen LogP contribution in [0.15, 0.2) is 12.1 Å². The summed E-state index contributed by atoms with van der Waals surface area (Å²) in [5, 5.41) is 11.0.